The van der Waals surface area contributed by atoms with E-state index in [1.807, 2.05) is 60.7 Å². The number of carboxylic acids is 1. The number of nitrogens with one attached hydrogen (secondary N) is 1. The van der Waals surface area contributed by atoms with Crippen molar-refractivity contribution in [2.24, 2.45) is 0 Å². The van der Waals surface area contributed by atoms with Gasteiger partial charge in [-0.15, -0.1) is 0 Å². The van der Waals surface area contributed by atoms with Crippen molar-refractivity contribution in [2.75, 3.05) is 5.75 Å². The molecule has 4 nitrogen and oxygen atoms in total. The van der Waals surface area contributed by atoms with Crippen LogP contribution in [0.25, 0.3) is 0 Å². The third-order valence-corrected chi connectivity index (χ3v) is 4.34. The van der Waals surface area contributed by atoms with E-state index in [1.54, 1.807) is 0 Å². The number of thioether (sulfide) groups is 1. The topological polar surface area (TPSA) is 66.4 Å². The Morgan fingerprint density at radius 2 is 1.52 bits per heavy atom. The van der Waals surface area contributed by atoms with Crippen LogP contribution in [-0.2, 0) is 21.8 Å². The number of amides is 1. The molecule has 0 saturated carbocycles. The summed E-state index contributed by atoms with van der Waals surface area (Å²) >= 11 is 1.50. The zero-order chi connectivity index (χ0) is 16.5. The average molecular weight is 329 g/mol. The SMILES string of the molecule is O=C(Cc1ccccc1)N[C@H](CSCc1ccccc1)C(=O)O. The van der Waals surface area contributed by atoms with Crippen molar-refractivity contribution in [1.29, 1.82) is 0 Å². The van der Waals surface area contributed by atoms with E-state index in [0.29, 0.717) is 5.75 Å². The van der Waals surface area contributed by atoms with Gasteiger partial charge >= 0.3 is 5.97 Å². The maximum atomic E-state index is 12.0. The first-order chi connectivity index (χ1) is 11.1. The first-order valence-corrected chi connectivity index (χ1v) is 8.48. The van der Waals surface area contributed by atoms with Crippen molar-refractivity contribution < 1.29 is 14.7 Å². The van der Waals surface area contributed by atoms with Gasteiger partial charge in [0.15, 0.2) is 0 Å². The van der Waals surface area contributed by atoms with Crippen LogP contribution in [0, 0.1) is 0 Å². The lowest BCUT2D eigenvalue weighted by atomic mass is 10.1. The Hall–Kier alpha value is -2.27. The molecule has 5 heteroatoms. The van der Waals surface area contributed by atoms with Gasteiger partial charge in [0.1, 0.15) is 6.04 Å². The van der Waals surface area contributed by atoms with Crippen LogP contribution in [0.4, 0.5) is 0 Å². The molecule has 0 aliphatic heterocycles. The Morgan fingerprint density at radius 3 is 2.09 bits per heavy atom. The lowest BCUT2D eigenvalue weighted by Crippen LogP contribution is -2.43. The van der Waals surface area contributed by atoms with Crippen molar-refractivity contribution in [2.45, 2.75) is 18.2 Å². The predicted molar refractivity (Wildman–Crippen MR) is 92.3 cm³/mol. The molecule has 2 rings (SSSR count). The summed E-state index contributed by atoms with van der Waals surface area (Å²) in [4.78, 5) is 23.3. The molecule has 0 heterocycles. The summed E-state index contributed by atoms with van der Waals surface area (Å²) in [5.41, 5.74) is 2.00. The van der Waals surface area contributed by atoms with E-state index in [0.717, 1.165) is 16.9 Å². The second kappa shape index (κ2) is 9.00. The fraction of sp³-hybridized carbons (Fsp3) is 0.222. The van der Waals surface area contributed by atoms with Crippen LogP contribution in [-0.4, -0.2) is 28.8 Å². The second-order valence-corrected chi connectivity index (χ2v) is 6.15. The highest BCUT2D eigenvalue weighted by Gasteiger charge is 2.19. The van der Waals surface area contributed by atoms with Crippen molar-refractivity contribution in [3.05, 3.63) is 71.8 Å². The predicted octanol–water partition coefficient (Wildman–Crippen LogP) is 2.73. The molecular weight excluding hydrogens is 310 g/mol. The molecule has 0 unspecified atom stereocenters. The number of carbonyl (C=O) groups is 2. The van der Waals surface area contributed by atoms with E-state index >= 15 is 0 Å². The molecule has 0 aromatic heterocycles. The van der Waals surface area contributed by atoms with Crippen LogP contribution in [0.2, 0.25) is 0 Å². The third kappa shape index (κ3) is 6.16. The molecule has 120 valence electrons. The van der Waals surface area contributed by atoms with Gasteiger partial charge in [0.25, 0.3) is 0 Å². The number of hydrogen-bond acceptors (Lipinski definition) is 3. The molecule has 2 N–H and O–H groups in total. The Balaban J connectivity index is 1.81. The Morgan fingerprint density at radius 1 is 0.957 bits per heavy atom. The Bertz CT molecular complexity index is 631. The van der Waals surface area contributed by atoms with E-state index in [1.165, 1.54) is 11.8 Å². The fourth-order valence-electron chi connectivity index (χ4n) is 2.07. The second-order valence-electron chi connectivity index (χ2n) is 5.12. The zero-order valence-electron chi connectivity index (χ0n) is 12.6. The summed E-state index contributed by atoms with van der Waals surface area (Å²) in [5, 5.41) is 11.8. The number of carbonyl (C=O) groups excluding carboxylic acids is 1. The lowest BCUT2D eigenvalue weighted by molar-refractivity contribution is -0.141. The first kappa shape index (κ1) is 17.1. The largest absolute Gasteiger partial charge is 0.480 e. The summed E-state index contributed by atoms with van der Waals surface area (Å²) in [6, 6.07) is 18.2. The summed E-state index contributed by atoms with van der Waals surface area (Å²) in [6.45, 7) is 0. The number of rotatable bonds is 8. The zero-order valence-corrected chi connectivity index (χ0v) is 13.5. The molecule has 0 radical (unpaired) electrons. The molecule has 0 fully saturated rings. The minimum absolute atomic E-state index is 0.188. The molecule has 0 spiro atoms. The molecular formula is C18H19NO3S. The van der Waals surface area contributed by atoms with Crippen molar-refractivity contribution >= 4 is 23.6 Å². The summed E-state index contributed by atoms with van der Waals surface area (Å²) < 4.78 is 0. The van der Waals surface area contributed by atoms with Crippen LogP contribution in [0.15, 0.2) is 60.7 Å². The van der Waals surface area contributed by atoms with Crippen molar-refractivity contribution in [1.82, 2.24) is 5.32 Å². The summed E-state index contributed by atoms with van der Waals surface area (Å²) in [5.74, 6) is -0.222. The van der Waals surface area contributed by atoms with Gasteiger partial charge in [-0.05, 0) is 11.1 Å². The summed E-state index contributed by atoms with van der Waals surface area (Å²) in [7, 11) is 0. The first-order valence-electron chi connectivity index (χ1n) is 7.33. The lowest BCUT2D eigenvalue weighted by Gasteiger charge is -2.14. The third-order valence-electron chi connectivity index (χ3n) is 3.24. The van der Waals surface area contributed by atoms with Gasteiger partial charge in [-0.3, -0.25) is 4.79 Å². The molecule has 0 aliphatic rings. The van der Waals surface area contributed by atoms with E-state index < -0.39 is 12.0 Å². The molecule has 0 saturated heterocycles. The van der Waals surface area contributed by atoms with E-state index in [-0.39, 0.29) is 12.3 Å². The van der Waals surface area contributed by atoms with Crippen molar-refractivity contribution in [3.63, 3.8) is 0 Å². The normalized spacial score (nSPS) is 11.7. The highest BCUT2D eigenvalue weighted by molar-refractivity contribution is 7.98. The van der Waals surface area contributed by atoms with E-state index in [2.05, 4.69) is 5.32 Å². The van der Waals surface area contributed by atoms with Crippen LogP contribution in [0.1, 0.15) is 11.1 Å². The smallest absolute Gasteiger partial charge is 0.327 e. The molecule has 0 aliphatic carbocycles. The fourth-order valence-corrected chi connectivity index (χ4v) is 3.08. The Kier molecular flexibility index (Phi) is 6.69. The van der Waals surface area contributed by atoms with E-state index in [9.17, 15) is 14.7 Å². The van der Waals surface area contributed by atoms with Gasteiger partial charge in [0.2, 0.25) is 5.91 Å². The molecule has 1 amide bonds. The van der Waals surface area contributed by atoms with Crippen molar-refractivity contribution in [3.8, 4) is 0 Å². The van der Waals surface area contributed by atoms with Gasteiger partial charge in [-0.2, -0.15) is 11.8 Å². The number of benzene rings is 2. The molecule has 0 bridgehead atoms. The van der Waals surface area contributed by atoms with Gasteiger partial charge in [0.05, 0.1) is 6.42 Å². The molecule has 2 aromatic carbocycles. The minimum atomic E-state index is -1.01. The van der Waals surface area contributed by atoms with Crippen LogP contribution in [0.3, 0.4) is 0 Å². The maximum Gasteiger partial charge on any atom is 0.327 e. The highest BCUT2D eigenvalue weighted by atomic mass is 32.2. The monoisotopic (exact) mass is 329 g/mol. The standard InChI is InChI=1S/C18H19NO3S/c20-17(11-14-7-3-1-4-8-14)19-16(18(21)22)13-23-12-15-9-5-2-6-10-15/h1-10,16H,11-13H2,(H,19,20)(H,21,22)/t16-/m1/s1. The highest BCUT2D eigenvalue weighted by Crippen LogP contribution is 2.13. The van der Waals surface area contributed by atoms with E-state index in [4.69, 9.17) is 0 Å². The summed E-state index contributed by atoms with van der Waals surface area (Å²) in [6.07, 6.45) is 0.188. The quantitative estimate of drug-likeness (QED) is 0.781. The number of hydrogen-bond donors (Lipinski definition) is 2. The van der Waals surface area contributed by atoms with Crippen LogP contribution in [0.5, 0.6) is 0 Å². The van der Waals surface area contributed by atoms with Gasteiger partial charge in [0, 0.05) is 11.5 Å². The Labute approximate surface area is 139 Å². The number of aliphatic carboxylic acids is 1. The van der Waals surface area contributed by atoms with Crippen LogP contribution >= 0.6 is 11.8 Å². The van der Waals surface area contributed by atoms with Crippen LogP contribution < -0.4 is 5.32 Å². The molecule has 2 aromatic rings. The van der Waals surface area contributed by atoms with Gasteiger partial charge < -0.3 is 10.4 Å². The number of carboxylic acid groups (broad SMARTS) is 1. The minimum Gasteiger partial charge on any atom is -0.480 e. The van der Waals surface area contributed by atoms with Gasteiger partial charge in [-0.1, -0.05) is 60.7 Å². The average Bonchev–Trinajstić information content (AvgIpc) is 2.55. The maximum absolute atomic E-state index is 12.0. The van der Waals surface area contributed by atoms with Gasteiger partial charge in [-0.25, -0.2) is 4.79 Å². The molecule has 23 heavy (non-hydrogen) atoms. The molecule has 1 atom stereocenters.